The average Bonchev–Trinajstić information content (AvgIpc) is 2.31. The van der Waals surface area contributed by atoms with Gasteiger partial charge in [-0.3, -0.25) is 4.98 Å². The summed E-state index contributed by atoms with van der Waals surface area (Å²) in [5.74, 6) is -4.09. The topological polar surface area (TPSA) is 12.9 Å². The van der Waals surface area contributed by atoms with Gasteiger partial charge in [-0.15, -0.1) is 0 Å². The van der Waals surface area contributed by atoms with E-state index < -0.39 is 17.3 Å². The molecule has 1 nitrogen and oxygen atoms in total. The van der Waals surface area contributed by atoms with Crippen molar-refractivity contribution in [3.63, 3.8) is 0 Å². The molecule has 2 aromatic rings. The van der Waals surface area contributed by atoms with Crippen LogP contribution in [0.2, 0.25) is 0 Å². The molecule has 0 fully saturated rings. The Balaban J connectivity index is 2.31. The Morgan fingerprint density at radius 3 is 2.56 bits per heavy atom. The Morgan fingerprint density at radius 1 is 1.17 bits per heavy atom. The lowest BCUT2D eigenvalue weighted by molar-refractivity contribution is 0.0137. The summed E-state index contributed by atoms with van der Waals surface area (Å²) < 4.78 is 39.6. The fourth-order valence-electron chi connectivity index (χ4n) is 1.62. The minimum absolute atomic E-state index is 0.515. The van der Waals surface area contributed by atoms with Crippen LogP contribution in [0.3, 0.4) is 0 Å². The summed E-state index contributed by atoms with van der Waals surface area (Å²) in [7, 11) is 0. The Bertz CT molecular complexity index is 532. The zero-order valence-electron chi connectivity index (χ0n) is 9.70. The maximum Gasteiger partial charge on any atom is 0.273 e. The van der Waals surface area contributed by atoms with Crippen molar-refractivity contribution in [2.24, 2.45) is 0 Å². The molecule has 1 radical (unpaired) electrons. The number of benzene rings is 1. The lowest BCUT2D eigenvalue weighted by Gasteiger charge is -2.13. The molecule has 0 spiro atoms. The van der Waals surface area contributed by atoms with Crippen LogP contribution >= 0.6 is 0 Å². The molecule has 2 rings (SSSR count). The van der Waals surface area contributed by atoms with Gasteiger partial charge in [0, 0.05) is 25.7 Å². The van der Waals surface area contributed by atoms with E-state index >= 15 is 0 Å². The third kappa shape index (κ3) is 2.88. The van der Waals surface area contributed by atoms with Gasteiger partial charge in [0.05, 0.1) is 5.56 Å². The molecule has 0 saturated carbocycles. The van der Waals surface area contributed by atoms with E-state index in [0.717, 1.165) is 17.7 Å². The van der Waals surface area contributed by atoms with Gasteiger partial charge in [0.15, 0.2) is 0 Å². The van der Waals surface area contributed by atoms with Crippen molar-refractivity contribution in [3.8, 4) is 0 Å². The van der Waals surface area contributed by atoms with E-state index in [4.69, 9.17) is 0 Å². The molecule has 18 heavy (non-hydrogen) atoms. The first-order valence-corrected chi connectivity index (χ1v) is 5.39. The van der Waals surface area contributed by atoms with Gasteiger partial charge in [-0.2, -0.15) is 0 Å². The highest BCUT2D eigenvalue weighted by atomic mass is 19.3. The first kappa shape index (κ1) is 12.6. The summed E-state index contributed by atoms with van der Waals surface area (Å²) in [6, 6.07) is 7.19. The van der Waals surface area contributed by atoms with Crippen LogP contribution < -0.4 is 0 Å². The summed E-state index contributed by atoms with van der Waals surface area (Å²) in [6.45, 7) is 0.680. The Labute approximate surface area is 103 Å². The first-order valence-electron chi connectivity index (χ1n) is 5.39. The zero-order valence-corrected chi connectivity index (χ0v) is 9.70. The van der Waals surface area contributed by atoms with Gasteiger partial charge in [-0.25, -0.2) is 13.2 Å². The molecule has 93 valence electrons. The minimum atomic E-state index is -3.19. The maximum absolute atomic E-state index is 13.3. The van der Waals surface area contributed by atoms with Crippen LogP contribution in [0.5, 0.6) is 0 Å². The number of hydrogen-bond acceptors (Lipinski definition) is 1. The van der Waals surface area contributed by atoms with Gasteiger partial charge in [0.2, 0.25) is 0 Å². The third-order valence-electron chi connectivity index (χ3n) is 2.48. The van der Waals surface area contributed by atoms with Crippen LogP contribution in [0, 0.1) is 12.2 Å². The lowest BCUT2D eigenvalue weighted by atomic mass is 10.0. The molecule has 1 aromatic heterocycles. The van der Waals surface area contributed by atoms with Crippen LogP contribution in [0.4, 0.5) is 13.2 Å². The average molecular weight is 250 g/mol. The van der Waals surface area contributed by atoms with Crippen molar-refractivity contribution in [1.82, 2.24) is 4.98 Å². The minimum Gasteiger partial charge on any atom is -0.264 e. The molecule has 4 heteroatoms. The fraction of sp³-hybridized carbons (Fsp3) is 0.143. The molecule has 1 heterocycles. The number of hydrogen-bond donors (Lipinski definition) is 0. The summed E-state index contributed by atoms with van der Waals surface area (Å²) >= 11 is 0. The molecule has 0 bridgehead atoms. The van der Waals surface area contributed by atoms with Gasteiger partial charge in [-0.1, -0.05) is 12.1 Å². The number of aromatic nitrogens is 1. The summed E-state index contributed by atoms with van der Waals surface area (Å²) in [5, 5.41) is 0. The van der Waals surface area contributed by atoms with Crippen LogP contribution in [-0.4, -0.2) is 4.98 Å². The third-order valence-corrected chi connectivity index (χ3v) is 2.48. The predicted octanol–water partition coefficient (Wildman–Crippen LogP) is 3.93. The van der Waals surface area contributed by atoms with E-state index in [-0.39, 0.29) is 0 Å². The second-order valence-corrected chi connectivity index (χ2v) is 4.06. The predicted molar refractivity (Wildman–Crippen MR) is 62.7 cm³/mol. The van der Waals surface area contributed by atoms with E-state index in [2.05, 4.69) is 4.98 Å². The summed E-state index contributed by atoms with van der Waals surface area (Å²) in [5.41, 5.74) is 0.690. The van der Waals surface area contributed by atoms with Crippen LogP contribution in [-0.2, 0) is 5.92 Å². The quantitative estimate of drug-likeness (QED) is 0.804. The van der Waals surface area contributed by atoms with Crippen LogP contribution in [0.1, 0.15) is 23.6 Å². The maximum atomic E-state index is 13.3. The Kier molecular flexibility index (Phi) is 3.36. The second kappa shape index (κ2) is 4.80. The number of rotatable bonds is 3. The van der Waals surface area contributed by atoms with Gasteiger partial charge in [0.1, 0.15) is 5.82 Å². The molecule has 0 unspecified atom stereocenters. The number of halogens is 3. The first-order chi connectivity index (χ1) is 8.47. The number of alkyl halides is 2. The van der Waals surface area contributed by atoms with Crippen molar-refractivity contribution in [3.05, 3.63) is 71.7 Å². The molecular weight excluding hydrogens is 239 g/mol. The second-order valence-electron chi connectivity index (χ2n) is 4.06. The standard InChI is InChI=1S/C14H11F3N/c1-14(16,17)12-8-10(4-5-13(12)15)7-11-3-2-6-18-9-11/h2-9H,1H3. The van der Waals surface area contributed by atoms with Gasteiger partial charge < -0.3 is 0 Å². The molecule has 0 aliphatic carbocycles. The lowest BCUT2D eigenvalue weighted by Crippen LogP contribution is -2.10. The van der Waals surface area contributed by atoms with Crippen molar-refractivity contribution in [1.29, 1.82) is 0 Å². The molecular formula is C14H11F3N. The Morgan fingerprint density at radius 2 is 1.94 bits per heavy atom. The van der Waals surface area contributed by atoms with Crippen molar-refractivity contribution in [2.45, 2.75) is 12.8 Å². The summed E-state index contributed by atoms with van der Waals surface area (Å²) in [4.78, 5) is 3.92. The van der Waals surface area contributed by atoms with Crippen molar-refractivity contribution in [2.75, 3.05) is 0 Å². The Hall–Kier alpha value is -1.84. The van der Waals surface area contributed by atoms with Gasteiger partial charge in [0.25, 0.3) is 5.92 Å². The highest BCUT2D eigenvalue weighted by Crippen LogP contribution is 2.30. The molecule has 0 saturated heterocycles. The normalized spacial score (nSPS) is 11.6. The fourth-order valence-corrected chi connectivity index (χ4v) is 1.62. The van der Waals surface area contributed by atoms with Crippen molar-refractivity contribution >= 4 is 0 Å². The van der Waals surface area contributed by atoms with E-state index in [1.54, 1.807) is 30.9 Å². The highest BCUT2D eigenvalue weighted by molar-refractivity contribution is 5.39. The van der Waals surface area contributed by atoms with E-state index in [9.17, 15) is 13.2 Å². The molecule has 0 aliphatic rings. The van der Waals surface area contributed by atoms with Gasteiger partial charge >= 0.3 is 0 Å². The molecule has 0 amide bonds. The zero-order chi connectivity index (χ0) is 13.2. The summed E-state index contributed by atoms with van der Waals surface area (Å²) in [6.07, 6.45) is 4.89. The van der Waals surface area contributed by atoms with Gasteiger partial charge in [-0.05, 0) is 29.3 Å². The largest absolute Gasteiger partial charge is 0.273 e. The van der Waals surface area contributed by atoms with E-state index in [1.165, 1.54) is 6.07 Å². The SMILES string of the molecule is CC(F)(F)c1cc([CH]c2cccnc2)ccc1F. The molecule has 0 N–H and O–H groups in total. The molecule has 1 aromatic carbocycles. The molecule has 0 aliphatic heterocycles. The van der Waals surface area contributed by atoms with Crippen molar-refractivity contribution < 1.29 is 13.2 Å². The van der Waals surface area contributed by atoms with E-state index in [0.29, 0.717) is 12.5 Å². The molecule has 0 atom stereocenters. The smallest absolute Gasteiger partial charge is 0.264 e. The van der Waals surface area contributed by atoms with Crippen LogP contribution in [0.25, 0.3) is 0 Å². The highest BCUT2D eigenvalue weighted by Gasteiger charge is 2.28. The van der Waals surface area contributed by atoms with Crippen LogP contribution in [0.15, 0.2) is 42.7 Å². The van der Waals surface area contributed by atoms with E-state index in [1.807, 2.05) is 0 Å². The monoisotopic (exact) mass is 250 g/mol. The number of pyridine rings is 1. The number of nitrogens with zero attached hydrogens (tertiary/aromatic N) is 1.